The lowest BCUT2D eigenvalue weighted by Gasteiger charge is -2.12. The second-order valence-electron chi connectivity index (χ2n) is 3.40. The first kappa shape index (κ1) is 12.6. The Morgan fingerprint density at radius 1 is 1.31 bits per heavy atom. The number of aliphatic hydroxyl groups is 2. The molecule has 0 saturated carbocycles. The zero-order valence-electron chi connectivity index (χ0n) is 8.75. The predicted molar refractivity (Wildman–Crippen MR) is 50.0 cm³/mol. The molecule has 90 valence electrons. The van der Waals surface area contributed by atoms with Gasteiger partial charge in [0.2, 0.25) is 0 Å². The van der Waals surface area contributed by atoms with E-state index in [1.54, 1.807) is 0 Å². The van der Waals surface area contributed by atoms with Crippen molar-refractivity contribution in [2.45, 2.75) is 25.0 Å². The van der Waals surface area contributed by atoms with Crippen molar-refractivity contribution in [3.8, 4) is 0 Å². The number of carbonyl (C=O) groups is 3. The van der Waals surface area contributed by atoms with Crippen LogP contribution in [0.15, 0.2) is 0 Å². The quantitative estimate of drug-likeness (QED) is 0.429. The van der Waals surface area contributed by atoms with E-state index in [0.29, 0.717) is 0 Å². The minimum Gasteiger partial charge on any atom is -0.469 e. The third-order valence-electron chi connectivity index (χ3n) is 2.33. The van der Waals surface area contributed by atoms with E-state index in [0.717, 1.165) is 4.90 Å². The van der Waals surface area contributed by atoms with E-state index in [1.165, 1.54) is 7.11 Å². The summed E-state index contributed by atoms with van der Waals surface area (Å²) in [5.74, 6) is -2.11. The number of likely N-dealkylation sites (tertiary alicyclic amines) is 1. The van der Waals surface area contributed by atoms with Gasteiger partial charge in [-0.3, -0.25) is 19.3 Å². The average Bonchev–Trinajstić information content (AvgIpc) is 2.46. The number of ether oxygens (including phenoxy) is 1. The second kappa shape index (κ2) is 5.04. The highest BCUT2D eigenvalue weighted by Gasteiger charge is 2.45. The summed E-state index contributed by atoms with van der Waals surface area (Å²) < 4.78 is 4.38. The third-order valence-corrected chi connectivity index (χ3v) is 2.33. The highest BCUT2D eigenvalue weighted by molar-refractivity contribution is 6.07. The van der Waals surface area contributed by atoms with Crippen LogP contribution in [0.3, 0.4) is 0 Å². The molecule has 0 unspecified atom stereocenters. The van der Waals surface area contributed by atoms with Gasteiger partial charge in [0.25, 0.3) is 11.8 Å². The Morgan fingerprint density at radius 3 is 2.25 bits per heavy atom. The molecule has 0 aliphatic carbocycles. The van der Waals surface area contributed by atoms with Gasteiger partial charge in [-0.1, -0.05) is 0 Å². The summed E-state index contributed by atoms with van der Waals surface area (Å²) in [6.07, 6.45) is -3.07. The smallest absolute Gasteiger partial charge is 0.305 e. The Balaban J connectivity index is 2.46. The lowest BCUT2D eigenvalue weighted by molar-refractivity contribution is -0.144. The summed E-state index contributed by atoms with van der Waals surface area (Å²) in [5.41, 5.74) is 0. The minimum atomic E-state index is -1.69. The number of amides is 2. The van der Waals surface area contributed by atoms with Gasteiger partial charge >= 0.3 is 5.97 Å². The Morgan fingerprint density at radius 2 is 1.81 bits per heavy atom. The molecule has 1 rings (SSSR count). The predicted octanol–water partition coefficient (Wildman–Crippen LogP) is -1.97. The van der Waals surface area contributed by atoms with Crippen molar-refractivity contribution in [2.24, 2.45) is 0 Å². The van der Waals surface area contributed by atoms with Crippen molar-refractivity contribution < 1.29 is 29.3 Å². The van der Waals surface area contributed by atoms with Crippen LogP contribution in [0.2, 0.25) is 0 Å². The monoisotopic (exact) mass is 231 g/mol. The molecule has 0 radical (unpaired) electrons. The molecule has 0 aromatic rings. The maximum Gasteiger partial charge on any atom is 0.305 e. The zero-order chi connectivity index (χ0) is 12.3. The molecule has 0 spiro atoms. The molecule has 2 atom stereocenters. The zero-order valence-corrected chi connectivity index (χ0v) is 8.75. The molecule has 16 heavy (non-hydrogen) atoms. The standard InChI is InChI=1S/C9H13NO6/c1-16-5(11)3-2-4-10-8(14)6(12)7(13)9(10)15/h6-7,12-13H,2-4H2,1H3/t6-,7+. The van der Waals surface area contributed by atoms with E-state index < -0.39 is 30.0 Å². The Kier molecular flexibility index (Phi) is 3.97. The molecular weight excluding hydrogens is 218 g/mol. The molecule has 0 bridgehead atoms. The summed E-state index contributed by atoms with van der Waals surface area (Å²) in [6.45, 7) is -0.0130. The van der Waals surface area contributed by atoms with E-state index in [4.69, 9.17) is 10.2 Å². The van der Waals surface area contributed by atoms with E-state index in [2.05, 4.69) is 4.74 Å². The fourth-order valence-corrected chi connectivity index (χ4v) is 1.40. The van der Waals surface area contributed by atoms with Crippen LogP contribution >= 0.6 is 0 Å². The van der Waals surface area contributed by atoms with Crippen molar-refractivity contribution in [1.29, 1.82) is 0 Å². The number of hydrogen-bond donors (Lipinski definition) is 2. The van der Waals surface area contributed by atoms with Crippen molar-refractivity contribution in [3.05, 3.63) is 0 Å². The molecule has 1 aliphatic heterocycles. The van der Waals surface area contributed by atoms with Crippen LogP contribution in [-0.2, 0) is 19.1 Å². The lowest BCUT2D eigenvalue weighted by atomic mass is 10.2. The second-order valence-corrected chi connectivity index (χ2v) is 3.40. The maximum absolute atomic E-state index is 11.3. The van der Waals surface area contributed by atoms with Crippen molar-refractivity contribution in [1.82, 2.24) is 4.90 Å². The van der Waals surface area contributed by atoms with Crippen LogP contribution < -0.4 is 0 Å². The highest BCUT2D eigenvalue weighted by Crippen LogP contribution is 2.14. The number of methoxy groups -OCH3 is 1. The van der Waals surface area contributed by atoms with Crippen LogP contribution in [0, 0.1) is 0 Å². The molecule has 7 heteroatoms. The van der Waals surface area contributed by atoms with Gasteiger partial charge in [0.05, 0.1) is 7.11 Å². The van der Waals surface area contributed by atoms with Crippen LogP contribution in [0.4, 0.5) is 0 Å². The van der Waals surface area contributed by atoms with E-state index in [1.807, 2.05) is 0 Å². The number of aliphatic hydroxyl groups excluding tert-OH is 2. The van der Waals surface area contributed by atoms with E-state index in [-0.39, 0.29) is 19.4 Å². The first-order chi connectivity index (χ1) is 7.49. The summed E-state index contributed by atoms with van der Waals surface area (Å²) >= 11 is 0. The van der Waals surface area contributed by atoms with Crippen LogP contribution in [0.1, 0.15) is 12.8 Å². The Hall–Kier alpha value is -1.47. The number of esters is 1. The molecule has 1 saturated heterocycles. The van der Waals surface area contributed by atoms with Crippen molar-refractivity contribution in [3.63, 3.8) is 0 Å². The molecule has 1 aliphatic rings. The molecule has 7 nitrogen and oxygen atoms in total. The van der Waals surface area contributed by atoms with Gasteiger partial charge in [0.1, 0.15) is 0 Å². The van der Waals surface area contributed by atoms with Gasteiger partial charge in [-0.2, -0.15) is 0 Å². The van der Waals surface area contributed by atoms with Gasteiger partial charge < -0.3 is 14.9 Å². The van der Waals surface area contributed by atoms with Crippen LogP contribution in [0.25, 0.3) is 0 Å². The van der Waals surface area contributed by atoms with Gasteiger partial charge in [-0.15, -0.1) is 0 Å². The summed E-state index contributed by atoms with van der Waals surface area (Å²) in [4.78, 5) is 34.0. The largest absolute Gasteiger partial charge is 0.469 e. The molecule has 2 N–H and O–H groups in total. The van der Waals surface area contributed by atoms with Gasteiger partial charge in [-0.05, 0) is 6.42 Å². The fraction of sp³-hybridized carbons (Fsp3) is 0.667. The van der Waals surface area contributed by atoms with Crippen LogP contribution in [0.5, 0.6) is 0 Å². The number of imide groups is 1. The molecular formula is C9H13NO6. The summed E-state index contributed by atoms with van der Waals surface area (Å²) in [5, 5.41) is 18.2. The highest BCUT2D eigenvalue weighted by atomic mass is 16.5. The van der Waals surface area contributed by atoms with Crippen molar-refractivity contribution in [2.75, 3.05) is 13.7 Å². The first-order valence-corrected chi connectivity index (χ1v) is 4.77. The lowest BCUT2D eigenvalue weighted by Crippen LogP contribution is -2.33. The van der Waals surface area contributed by atoms with E-state index >= 15 is 0 Å². The fourth-order valence-electron chi connectivity index (χ4n) is 1.40. The average molecular weight is 231 g/mol. The first-order valence-electron chi connectivity index (χ1n) is 4.77. The summed E-state index contributed by atoms with van der Waals surface area (Å²) in [7, 11) is 1.24. The topological polar surface area (TPSA) is 104 Å². The number of carbonyl (C=O) groups excluding carboxylic acids is 3. The molecule has 0 aromatic carbocycles. The molecule has 2 amide bonds. The van der Waals surface area contributed by atoms with Crippen LogP contribution in [-0.4, -0.2) is 58.8 Å². The molecule has 1 fully saturated rings. The number of rotatable bonds is 4. The maximum atomic E-state index is 11.3. The Bertz CT molecular complexity index is 295. The summed E-state index contributed by atoms with van der Waals surface area (Å²) in [6, 6.07) is 0. The molecule has 1 heterocycles. The van der Waals surface area contributed by atoms with Gasteiger partial charge in [-0.25, -0.2) is 0 Å². The normalized spacial score (nSPS) is 25.1. The van der Waals surface area contributed by atoms with Crippen molar-refractivity contribution >= 4 is 17.8 Å². The number of hydrogen-bond acceptors (Lipinski definition) is 6. The number of nitrogens with zero attached hydrogens (tertiary/aromatic N) is 1. The third kappa shape index (κ3) is 2.37. The van der Waals surface area contributed by atoms with Gasteiger partial charge in [0.15, 0.2) is 12.2 Å². The molecule has 0 aromatic heterocycles. The minimum absolute atomic E-state index is 0.0130. The van der Waals surface area contributed by atoms with Gasteiger partial charge in [0, 0.05) is 13.0 Å². The van der Waals surface area contributed by atoms with E-state index in [9.17, 15) is 14.4 Å². The Labute approximate surface area is 91.6 Å². The SMILES string of the molecule is COC(=O)CCCN1C(=O)[C@@H](O)[C@@H](O)C1=O.